The van der Waals surface area contributed by atoms with Gasteiger partial charge < -0.3 is 14.3 Å². The summed E-state index contributed by atoms with van der Waals surface area (Å²) in [4.78, 5) is 10.4. The Balaban J connectivity index is 2.07. The number of hydrogen-bond donors (Lipinski definition) is 0. The van der Waals surface area contributed by atoms with Gasteiger partial charge in [-0.15, -0.1) is 0 Å². The van der Waals surface area contributed by atoms with Crippen molar-refractivity contribution in [2.24, 2.45) is 5.92 Å². The number of rotatable bonds is 1. The minimum atomic E-state index is 0.0671. The van der Waals surface area contributed by atoms with Gasteiger partial charge in [0.15, 0.2) is 0 Å². The summed E-state index contributed by atoms with van der Waals surface area (Å²) in [5.74, 6) is 0.0903. The molecule has 0 amide bonds. The van der Waals surface area contributed by atoms with Crippen molar-refractivity contribution in [3.8, 4) is 0 Å². The van der Waals surface area contributed by atoms with Gasteiger partial charge in [0.2, 0.25) is 0 Å². The number of carbonyl (C=O) groups excluding carboxylic acids is 1. The van der Waals surface area contributed by atoms with Crippen LogP contribution in [0.4, 0.5) is 0 Å². The highest BCUT2D eigenvalue weighted by Gasteiger charge is 2.41. The van der Waals surface area contributed by atoms with Crippen molar-refractivity contribution in [2.75, 3.05) is 6.79 Å². The number of aldehydes is 1. The molecule has 1 heterocycles. The van der Waals surface area contributed by atoms with Crippen molar-refractivity contribution in [2.45, 2.75) is 25.0 Å². The highest BCUT2D eigenvalue weighted by molar-refractivity contribution is 5.55. The molecule has 56 valence electrons. The highest BCUT2D eigenvalue weighted by atomic mass is 16.7. The van der Waals surface area contributed by atoms with E-state index in [1.165, 1.54) is 0 Å². The summed E-state index contributed by atoms with van der Waals surface area (Å²) in [5, 5.41) is 0. The molecule has 1 saturated carbocycles. The van der Waals surface area contributed by atoms with Crippen molar-refractivity contribution in [3.63, 3.8) is 0 Å². The van der Waals surface area contributed by atoms with E-state index in [-0.39, 0.29) is 18.1 Å². The summed E-state index contributed by atoms with van der Waals surface area (Å²) in [7, 11) is 0. The van der Waals surface area contributed by atoms with Gasteiger partial charge in [0.05, 0.1) is 12.2 Å². The molecule has 0 aromatic rings. The third kappa shape index (κ3) is 0.777. The third-order valence-electron chi connectivity index (χ3n) is 2.29. The van der Waals surface area contributed by atoms with Gasteiger partial charge in [0.25, 0.3) is 0 Å². The van der Waals surface area contributed by atoms with Gasteiger partial charge in [0, 0.05) is 5.92 Å². The van der Waals surface area contributed by atoms with Crippen LogP contribution in [0.3, 0.4) is 0 Å². The second kappa shape index (κ2) is 2.32. The molecule has 3 atom stereocenters. The number of ether oxygens (including phenoxy) is 2. The predicted octanol–water partition coefficient (Wildman–Crippen LogP) is 0.337. The molecule has 2 aliphatic rings. The van der Waals surface area contributed by atoms with E-state index in [4.69, 9.17) is 9.47 Å². The summed E-state index contributed by atoms with van der Waals surface area (Å²) in [6.45, 7) is 0.375. The Bertz CT molecular complexity index is 146. The van der Waals surface area contributed by atoms with Crippen LogP contribution in [0.5, 0.6) is 0 Å². The molecular formula is C7H10O3. The minimum absolute atomic E-state index is 0.0671. The molecule has 3 nitrogen and oxygen atoms in total. The topological polar surface area (TPSA) is 35.5 Å². The van der Waals surface area contributed by atoms with E-state index in [2.05, 4.69) is 0 Å². The molecule has 2 rings (SSSR count). The molecule has 2 fully saturated rings. The molecule has 1 aliphatic carbocycles. The average molecular weight is 142 g/mol. The van der Waals surface area contributed by atoms with Gasteiger partial charge in [-0.25, -0.2) is 0 Å². The van der Waals surface area contributed by atoms with Crippen LogP contribution in [0, 0.1) is 5.92 Å². The van der Waals surface area contributed by atoms with E-state index in [0.717, 1.165) is 19.1 Å². The Hall–Kier alpha value is -0.410. The molecule has 0 aromatic carbocycles. The SMILES string of the molecule is O=CC1CCC2OCOC12. The zero-order valence-electron chi connectivity index (χ0n) is 5.66. The largest absolute Gasteiger partial charge is 0.349 e. The van der Waals surface area contributed by atoms with E-state index >= 15 is 0 Å². The number of fused-ring (bicyclic) bond motifs is 1. The molecule has 10 heavy (non-hydrogen) atoms. The Morgan fingerprint density at radius 1 is 1.30 bits per heavy atom. The lowest BCUT2D eigenvalue weighted by molar-refractivity contribution is -0.113. The minimum Gasteiger partial charge on any atom is -0.349 e. The fraction of sp³-hybridized carbons (Fsp3) is 0.857. The molecule has 3 unspecified atom stereocenters. The van der Waals surface area contributed by atoms with Crippen LogP contribution in [-0.4, -0.2) is 25.3 Å². The van der Waals surface area contributed by atoms with Crippen molar-refractivity contribution < 1.29 is 14.3 Å². The van der Waals surface area contributed by atoms with Gasteiger partial charge in [-0.05, 0) is 12.8 Å². The molecule has 0 spiro atoms. The van der Waals surface area contributed by atoms with E-state index in [1.807, 2.05) is 0 Å². The average Bonchev–Trinajstić information content (AvgIpc) is 2.44. The summed E-state index contributed by atoms with van der Waals surface area (Å²) in [6.07, 6.45) is 3.17. The molecule has 0 aromatic heterocycles. The van der Waals surface area contributed by atoms with Crippen LogP contribution in [-0.2, 0) is 14.3 Å². The molecule has 3 heteroatoms. The van der Waals surface area contributed by atoms with Crippen molar-refractivity contribution in [1.29, 1.82) is 0 Å². The predicted molar refractivity (Wildman–Crippen MR) is 33.4 cm³/mol. The lowest BCUT2D eigenvalue weighted by Gasteiger charge is -2.08. The lowest BCUT2D eigenvalue weighted by atomic mass is 10.1. The normalized spacial score (nSPS) is 45.4. The first-order chi connectivity index (χ1) is 4.92. The van der Waals surface area contributed by atoms with Crippen molar-refractivity contribution >= 4 is 6.29 Å². The maximum Gasteiger partial charge on any atom is 0.147 e. The van der Waals surface area contributed by atoms with Crippen molar-refractivity contribution in [1.82, 2.24) is 0 Å². The molecular weight excluding hydrogens is 132 g/mol. The van der Waals surface area contributed by atoms with E-state index < -0.39 is 0 Å². The molecule has 0 bridgehead atoms. The van der Waals surface area contributed by atoms with Gasteiger partial charge in [-0.1, -0.05) is 0 Å². The van der Waals surface area contributed by atoms with Crippen LogP contribution in [0.25, 0.3) is 0 Å². The first-order valence-electron chi connectivity index (χ1n) is 3.60. The molecule has 1 aliphatic heterocycles. The monoisotopic (exact) mass is 142 g/mol. The van der Waals surface area contributed by atoms with Gasteiger partial charge in [-0.3, -0.25) is 0 Å². The maximum atomic E-state index is 10.4. The van der Waals surface area contributed by atoms with E-state index in [9.17, 15) is 4.79 Å². The first-order valence-corrected chi connectivity index (χ1v) is 3.60. The Labute approximate surface area is 59.3 Å². The summed E-state index contributed by atoms with van der Waals surface area (Å²) in [6, 6.07) is 0. The zero-order chi connectivity index (χ0) is 6.97. The Kier molecular flexibility index (Phi) is 1.47. The van der Waals surface area contributed by atoms with E-state index in [1.54, 1.807) is 0 Å². The lowest BCUT2D eigenvalue weighted by Crippen LogP contribution is -2.22. The second-order valence-electron chi connectivity index (χ2n) is 2.83. The fourth-order valence-corrected chi connectivity index (χ4v) is 1.72. The number of carbonyl (C=O) groups is 1. The Morgan fingerprint density at radius 2 is 2.20 bits per heavy atom. The van der Waals surface area contributed by atoms with Gasteiger partial charge in [0.1, 0.15) is 13.1 Å². The van der Waals surface area contributed by atoms with E-state index in [0.29, 0.717) is 6.79 Å². The van der Waals surface area contributed by atoms with Crippen molar-refractivity contribution in [3.05, 3.63) is 0 Å². The van der Waals surface area contributed by atoms with Crippen LogP contribution in [0.15, 0.2) is 0 Å². The smallest absolute Gasteiger partial charge is 0.147 e. The molecule has 0 N–H and O–H groups in total. The Morgan fingerprint density at radius 3 is 3.00 bits per heavy atom. The van der Waals surface area contributed by atoms with Crippen LogP contribution in [0.2, 0.25) is 0 Å². The van der Waals surface area contributed by atoms with Gasteiger partial charge in [-0.2, -0.15) is 0 Å². The van der Waals surface area contributed by atoms with Crippen LogP contribution in [0.1, 0.15) is 12.8 Å². The van der Waals surface area contributed by atoms with Gasteiger partial charge >= 0.3 is 0 Å². The zero-order valence-corrected chi connectivity index (χ0v) is 5.66. The molecule has 1 saturated heterocycles. The standard InChI is InChI=1S/C7H10O3/c8-3-5-1-2-6-7(5)10-4-9-6/h3,5-7H,1-2,4H2. The van der Waals surface area contributed by atoms with Crippen LogP contribution >= 0.6 is 0 Å². The quantitative estimate of drug-likeness (QED) is 0.495. The summed E-state index contributed by atoms with van der Waals surface area (Å²) < 4.78 is 10.5. The molecule has 0 radical (unpaired) electrons. The fourth-order valence-electron chi connectivity index (χ4n) is 1.72. The number of hydrogen-bond acceptors (Lipinski definition) is 3. The highest BCUT2D eigenvalue weighted by Crippen LogP contribution is 2.33. The summed E-state index contributed by atoms with van der Waals surface area (Å²) >= 11 is 0. The second-order valence-corrected chi connectivity index (χ2v) is 2.83. The maximum absolute atomic E-state index is 10.4. The summed E-state index contributed by atoms with van der Waals surface area (Å²) in [5.41, 5.74) is 0. The first kappa shape index (κ1) is 6.31. The third-order valence-corrected chi connectivity index (χ3v) is 2.29. The van der Waals surface area contributed by atoms with Crippen LogP contribution < -0.4 is 0 Å².